The fraction of sp³-hybridized carbons (Fsp3) is 0.0833. The number of nitrogens with zero attached hydrogens (tertiary/aromatic N) is 2. The van der Waals surface area contributed by atoms with E-state index in [2.05, 4.69) is 5.10 Å². The number of aromatic nitrogens is 2. The van der Waals surface area contributed by atoms with Crippen LogP contribution in [0.2, 0.25) is 0 Å². The molecule has 0 unspecified atom stereocenters. The molecule has 0 aliphatic carbocycles. The predicted octanol–water partition coefficient (Wildman–Crippen LogP) is 1.52. The number of carboxylic acids is 1. The Morgan fingerprint density at radius 3 is 2.58 bits per heavy atom. The molecule has 0 saturated carbocycles. The first-order chi connectivity index (χ1) is 8.90. The van der Waals surface area contributed by atoms with E-state index in [9.17, 15) is 18.4 Å². The van der Waals surface area contributed by atoms with E-state index >= 15 is 0 Å². The van der Waals surface area contributed by atoms with E-state index in [1.54, 1.807) is 0 Å². The van der Waals surface area contributed by atoms with Crippen LogP contribution >= 0.6 is 0 Å². The quantitative estimate of drug-likeness (QED) is 0.894. The van der Waals surface area contributed by atoms with Gasteiger partial charge in [-0.25, -0.2) is 13.6 Å². The average molecular weight is 266 g/mol. The van der Waals surface area contributed by atoms with Crippen molar-refractivity contribution >= 4 is 5.97 Å². The van der Waals surface area contributed by atoms with Gasteiger partial charge in [0.1, 0.15) is 11.5 Å². The predicted molar refractivity (Wildman–Crippen MR) is 61.4 cm³/mol. The maximum atomic E-state index is 13.6. The first kappa shape index (κ1) is 12.9. The normalized spacial score (nSPS) is 10.5. The number of halogens is 2. The molecule has 0 radical (unpaired) electrons. The van der Waals surface area contributed by atoms with Crippen LogP contribution in [0.25, 0.3) is 5.69 Å². The monoisotopic (exact) mass is 266 g/mol. The lowest BCUT2D eigenvalue weighted by molar-refractivity contribution is 0.0687. The molecule has 98 valence electrons. The molecule has 2 rings (SSSR count). The van der Waals surface area contributed by atoms with Crippen LogP contribution in [-0.4, -0.2) is 20.9 Å². The van der Waals surface area contributed by atoms with Gasteiger partial charge in [-0.05, 0) is 24.6 Å². The third-order valence-corrected chi connectivity index (χ3v) is 2.46. The molecule has 5 nitrogen and oxygen atoms in total. The van der Waals surface area contributed by atoms with E-state index in [0.29, 0.717) is 10.7 Å². The van der Waals surface area contributed by atoms with Gasteiger partial charge in [0.05, 0.1) is 0 Å². The molecule has 1 aromatic heterocycles. The molecule has 2 aromatic rings. The topological polar surface area (TPSA) is 72.2 Å². The van der Waals surface area contributed by atoms with Crippen molar-refractivity contribution in [2.45, 2.75) is 6.92 Å². The minimum atomic E-state index is -1.34. The van der Waals surface area contributed by atoms with Crippen LogP contribution in [0, 0.1) is 18.6 Å². The summed E-state index contributed by atoms with van der Waals surface area (Å²) >= 11 is 0. The lowest BCUT2D eigenvalue weighted by Gasteiger charge is -2.08. The molecule has 0 atom stereocenters. The number of carboxylic acid groups (broad SMARTS) is 1. The van der Waals surface area contributed by atoms with Crippen LogP contribution in [0.3, 0.4) is 0 Å². The molecule has 1 heterocycles. The number of carbonyl (C=O) groups is 1. The molecule has 0 amide bonds. The summed E-state index contributed by atoms with van der Waals surface area (Å²) < 4.78 is 26.9. The van der Waals surface area contributed by atoms with Crippen molar-refractivity contribution in [3.8, 4) is 5.69 Å². The van der Waals surface area contributed by atoms with Gasteiger partial charge in [0, 0.05) is 12.1 Å². The third-order valence-electron chi connectivity index (χ3n) is 2.46. The lowest BCUT2D eigenvalue weighted by Crippen LogP contribution is -2.25. The summed E-state index contributed by atoms with van der Waals surface area (Å²) in [6, 6.07) is 3.58. The SMILES string of the molecule is Cc1cc(=O)n(-c2ccc(F)cc2F)nc1C(=O)O. The van der Waals surface area contributed by atoms with Crippen LogP contribution in [-0.2, 0) is 0 Å². The van der Waals surface area contributed by atoms with Crippen molar-refractivity contribution in [1.82, 2.24) is 9.78 Å². The molecule has 1 aromatic carbocycles. The van der Waals surface area contributed by atoms with E-state index in [0.717, 1.165) is 18.2 Å². The van der Waals surface area contributed by atoms with Gasteiger partial charge in [-0.2, -0.15) is 9.78 Å². The molecular weight excluding hydrogens is 258 g/mol. The Morgan fingerprint density at radius 1 is 1.32 bits per heavy atom. The van der Waals surface area contributed by atoms with Gasteiger partial charge in [-0.1, -0.05) is 0 Å². The first-order valence-electron chi connectivity index (χ1n) is 5.20. The maximum absolute atomic E-state index is 13.6. The number of rotatable bonds is 2. The molecule has 0 spiro atoms. The van der Waals surface area contributed by atoms with Crippen LogP contribution in [0.1, 0.15) is 16.1 Å². The summed E-state index contributed by atoms with van der Waals surface area (Å²) in [5, 5.41) is 12.5. The molecule has 1 N–H and O–H groups in total. The van der Waals surface area contributed by atoms with Gasteiger partial charge in [-0.15, -0.1) is 0 Å². The highest BCUT2D eigenvalue weighted by molar-refractivity contribution is 5.86. The Hall–Kier alpha value is -2.57. The summed E-state index contributed by atoms with van der Waals surface area (Å²) in [4.78, 5) is 22.6. The Kier molecular flexibility index (Phi) is 3.12. The summed E-state index contributed by atoms with van der Waals surface area (Å²) in [7, 11) is 0. The van der Waals surface area contributed by atoms with Crippen molar-refractivity contribution in [1.29, 1.82) is 0 Å². The van der Waals surface area contributed by atoms with Gasteiger partial charge >= 0.3 is 5.97 Å². The van der Waals surface area contributed by atoms with Gasteiger partial charge < -0.3 is 5.11 Å². The smallest absolute Gasteiger partial charge is 0.356 e. The maximum Gasteiger partial charge on any atom is 0.356 e. The van der Waals surface area contributed by atoms with Crippen molar-refractivity contribution < 1.29 is 18.7 Å². The van der Waals surface area contributed by atoms with Crippen molar-refractivity contribution in [3.63, 3.8) is 0 Å². The fourth-order valence-electron chi connectivity index (χ4n) is 1.58. The Morgan fingerprint density at radius 2 is 2.00 bits per heavy atom. The van der Waals surface area contributed by atoms with Crippen LogP contribution in [0.4, 0.5) is 8.78 Å². The zero-order chi connectivity index (χ0) is 14.2. The second kappa shape index (κ2) is 4.60. The molecule has 0 bridgehead atoms. The van der Waals surface area contributed by atoms with Gasteiger partial charge in [0.15, 0.2) is 11.5 Å². The van der Waals surface area contributed by atoms with Crippen LogP contribution in [0.5, 0.6) is 0 Å². The molecule has 0 fully saturated rings. The number of hydrogen-bond donors (Lipinski definition) is 1. The number of aromatic carboxylic acids is 1. The lowest BCUT2D eigenvalue weighted by atomic mass is 10.2. The van der Waals surface area contributed by atoms with E-state index in [1.807, 2.05) is 0 Å². The van der Waals surface area contributed by atoms with Crippen LogP contribution < -0.4 is 5.56 Å². The Labute approximate surface area is 105 Å². The third kappa shape index (κ3) is 2.35. The van der Waals surface area contributed by atoms with Crippen molar-refractivity contribution in [3.05, 3.63) is 57.5 Å². The number of hydrogen-bond acceptors (Lipinski definition) is 3. The van der Waals surface area contributed by atoms with Crippen LogP contribution in [0.15, 0.2) is 29.1 Å². The summed E-state index contributed by atoms with van der Waals surface area (Å²) in [6.45, 7) is 1.41. The molecule has 0 saturated heterocycles. The highest BCUT2D eigenvalue weighted by Crippen LogP contribution is 2.13. The summed E-state index contributed by atoms with van der Waals surface area (Å²) in [5.41, 5.74) is -1.22. The zero-order valence-corrected chi connectivity index (χ0v) is 9.72. The minimum Gasteiger partial charge on any atom is -0.476 e. The summed E-state index contributed by atoms with van der Waals surface area (Å²) in [6.07, 6.45) is 0. The van der Waals surface area contributed by atoms with Crippen molar-refractivity contribution in [2.75, 3.05) is 0 Å². The number of benzene rings is 1. The number of aryl methyl sites for hydroxylation is 1. The second-order valence-electron chi connectivity index (χ2n) is 3.83. The Balaban J connectivity index is 2.72. The average Bonchev–Trinajstić information content (AvgIpc) is 2.30. The minimum absolute atomic E-state index is 0.163. The first-order valence-corrected chi connectivity index (χ1v) is 5.20. The standard InChI is InChI=1S/C12H8F2N2O3/c1-6-4-10(17)16(15-11(6)12(18)19)9-3-2-7(13)5-8(9)14/h2-5H,1H3,(H,18,19). The molecule has 19 heavy (non-hydrogen) atoms. The highest BCUT2D eigenvalue weighted by Gasteiger charge is 2.15. The second-order valence-corrected chi connectivity index (χ2v) is 3.83. The van der Waals surface area contributed by atoms with Crippen molar-refractivity contribution in [2.24, 2.45) is 0 Å². The molecule has 0 aliphatic rings. The van der Waals surface area contributed by atoms with Gasteiger partial charge in [0.25, 0.3) is 5.56 Å². The summed E-state index contributed by atoms with van der Waals surface area (Å²) in [5.74, 6) is -3.15. The van der Waals surface area contributed by atoms with E-state index in [4.69, 9.17) is 5.11 Å². The molecule has 0 aliphatic heterocycles. The van der Waals surface area contributed by atoms with Gasteiger partial charge in [-0.3, -0.25) is 4.79 Å². The Bertz CT molecular complexity index is 725. The van der Waals surface area contributed by atoms with Gasteiger partial charge in [0.2, 0.25) is 0 Å². The fourth-order valence-corrected chi connectivity index (χ4v) is 1.58. The molecular formula is C12H8F2N2O3. The van der Waals surface area contributed by atoms with E-state index < -0.39 is 23.2 Å². The molecule has 7 heteroatoms. The zero-order valence-electron chi connectivity index (χ0n) is 9.72. The highest BCUT2D eigenvalue weighted by atomic mass is 19.1. The largest absolute Gasteiger partial charge is 0.476 e. The van der Waals surface area contributed by atoms with E-state index in [-0.39, 0.29) is 16.9 Å². The van der Waals surface area contributed by atoms with E-state index in [1.165, 1.54) is 6.92 Å².